The van der Waals surface area contributed by atoms with Crippen molar-refractivity contribution in [1.82, 2.24) is 9.97 Å². The summed E-state index contributed by atoms with van der Waals surface area (Å²) in [7, 11) is 0. The topological polar surface area (TPSA) is 118 Å². The fraction of sp³-hybridized carbons (Fsp3) is 0.273. The summed E-state index contributed by atoms with van der Waals surface area (Å²) in [6.45, 7) is -0.0583. The molecule has 0 fully saturated rings. The summed E-state index contributed by atoms with van der Waals surface area (Å²) in [6, 6.07) is 3.33. The molecule has 1 heterocycles. The molecule has 0 radical (unpaired) electrons. The molecule has 0 bridgehead atoms. The Hall–Kier alpha value is -1.76. The molecule has 1 aromatic heterocycles. The van der Waals surface area contributed by atoms with Crippen molar-refractivity contribution >= 4 is 16.7 Å². The van der Waals surface area contributed by atoms with Crippen LogP contribution in [0.5, 0.6) is 0 Å². The zero-order chi connectivity index (χ0) is 12.4. The van der Waals surface area contributed by atoms with Gasteiger partial charge in [0.2, 0.25) is 0 Å². The Balaban J connectivity index is 2.62. The van der Waals surface area contributed by atoms with E-state index in [1.807, 2.05) is 0 Å². The molecule has 0 aliphatic carbocycles. The van der Waals surface area contributed by atoms with E-state index < -0.39 is 12.2 Å². The summed E-state index contributed by atoms with van der Waals surface area (Å²) in [4.78, 5) is 8.23. The number of hydrogen-bond acceptors (Lipinski definition) is 6. The number of anilines is 1. The molecular formula is C11H14N4O2. The van der Waals surface area contributed by atoms with Crippen molar-refractivity contribution in [2.24, 2.45) is 5.73 Å². The second kappa shape index (κ2) is 4.62. The highest BCUT2D eigenvalue weighted by atomic mass is 16.3. The average Bonchev–Trinajstić information content (AvgIpc) is 2.37. The number of aliphatic hydroxyl groups is 2. The molecule has 0 saturated carbocycles. The minimum absolute atomic E-state index is 0.0583. The summed E-state index contributed by atoms with van der Waals surface area (Å²) in [6.07, 6.45) is 0.811. The van der Waals surface area contributed by atoms with Gasteiger partial charge < -0.3 is 21.7 Å². The van der Waals surface area contributed by atoms with Gasteiger partial charge in [-0.05, 0) is 12.1 Å². The fourth-order valence-electron chi connectivity index (χ4n) is 1.71. The number of aromatic nitrogens is 2. The molecule has 0 aliphatic rings. The number of rotatable bonds is 3. The van der Waals surface area contributed by atoms with Crippen LogP contribution in [0.4, 0.5) is 5.69 Å². The van der Waals surface area contributed by atoms with Crippen molar-refractivity contribution < 1.29 is 10.2 Å². The molecule has 2 rings (SSSR count). The maximum Gasteiger partial charge on any atom is 0.110 e. The van der Waals surface area contributed by atoms with E-state index in [1.54, 1.807) is 18.3 Å². The highest BCUT2D eigenvalue weighted by Gasteiger charge is 2.22. The molecule has 6 nitrogen and oxygen atoms in total. The summed E-state index contributed by atoms with van der Waals surface area (Å²) in [5.74, 6) is 0. The summed E-state index contributed by atoms with van der Waals surface area (Å²) in [5, 5.41) is 19.6. The minimum Gasteiger partial charge on any atom is -0.398 e. The van der Waals surface area contributed by atoms with E-state index in [1.165, 1.54) is 6.20 Å². The van der Waals surface area contributed by atoms with Gasteiger partial charge in [0.05, 0.1) is 17.1 Å². The second-order valence-electron chi connectivity index (χ2n) is 3.74. The lowest BCUT2D eigenvalue weighted by Crippen LogP contribution is -2.28. The lowest BCUT2D eigenvalue weighted by Gasteiger charge is -2.19. The molecule has 6 N–H and O–H groups in total. The van der Waals surface area contributed by atoms with Gasteiger partial charge >= 0.3 is 0 Å². The van der Waals surface area contributed by atoms with Crippen LogP contribution in [-0.2, 0) is 0 Å². The van der Waals surface area contributed by atoms with Gasteiger partial charge in [0.15, 0.2) is 0 Å². The third kappa shape index (κ3) is 2.05. The van der Waals surface area contributed by atoms with Crippen molar-refractivity contribution in [3.05, 3.63) is 30.1 Å². The maximum atomic E-state index is 9.99. The third-order valence-corrected chi connectivity index (χ3v) is 2.62. The Kier molecular flexibility index (Phi) is 3.19. The molecule has 2 aromatic rings. The average molecular weight is 234 g/mol. The van der Waals surface area contributed by atoms with Crippen molar-refractivity contribution in [2.75, 3.05) is 12.3 Å². The van der Waals surface area contributed by atoms with Crippen molar-refractivity contribution in [3.63, 3.8) is 0 Å². The molecule has 0 amide bonds. The van der Waals surface area contributed by atoms with E-state index in [0.29, 0.717) is 22.3 Å². The molecule has 0 aliphatic heterocycles. The zero-order valence-electron chi connectivity index (χ0n) is 9.11. The van der Waals surface area contributed by atoms with E-state index in [9.17, 15) is 10.2 Å². The first-order valence-corrected chi connectivity index (χ1v) is 5.20. The lowest BCUT2D eigenvalue weighted by atomic mass is 10.0. The van der Waals surface area contributed by atoms with Gasteiger partial charge in [-0.25, -0.2) is 0 Å². The summed E-state index contributed by atoms with van der Waals surface area (Å²) < 4.78 is 0. The predicted octanol–water partition coefficient (Wildman–Crippen LogP) is -0.435. The van der Waals surface area contributed by atoms with Gasteiger partial charge in [-0.1, -0.05) is 0 Å². The molecular weight excluding hydrogens is 220 g/mol. The molecule has 6 heteroatoms. The van der Waals surface area contributed by atoms with Gasteiger partial charge in [-0.3, -0.25) is 9.97 Å². The lowest BCUT2D eigenvalue weighted by molar-refractivity contribution is 0.0255. The largest absolute Gasteiger partial charge is 0.398 e. The smallest absolute Gasteiger partial charge is 0.110 e. The van der Waals surface area contributed by atoms with Gasteiger partial charge in [0.1, 0.15) is 6.10 Å². The standard InChI is InChI=1S/C11H14N4O2/c12-5-8(16)11(17)9-6(13)1-2-7-10(9)15-4-3-14-7/h1-4,8,11,16-17H,5,12-13H2. The number of nitrogens with two attached hydrogens (primary N) is 2. The molecule has 0 saturated heterocycles. The van der Waals surface area contributed by atoms with Crippen LogP contribution in [0.2, 0.25) is 0 Å². The first-order chi connectivity index (χ1) is 8.15. The second-order valence-corrected chi connectivity index (χ2v) is 3.74. The minimum atomic E-state index is -1.17. The van der Waals surface area contributed by atoms with Crippen molar-refractivity contribution in [1.29, 1.82) is 0 Å². The van der Waals surface area contributed by atoms with E-state index >= 15 is 0 Å². The monoisotopic (exact) mass is 234 g/mol. The Labute approximate surface area is 97.9 Å². The number of fused-ring (bicyclic) bond motifs is 1. The van der Waals surface area contributed by atoms with Crippen LogP contribution in [0, 0.1) is 0 Å². The highest BCUT2D eigenvalue weighted by Crippen LogP contribution is 2.29. The van der Waals surface area contributed by atoms with Crippen molar-refractivity contribution in [3.8, 4) is 0 Å². The summed E-state index contributed by atoms with van der Waals surface area (Å²) >= 11 is 0. The number of nitrogen functional groups attached to an aromatic ring is 1. The third-order valence-electron chi connectivity index (χ3n) is 2.62. The number of nitrogens with zero attached hydrogens (tertiary/aromatic N) is 2. The quantitative estimate of drug-likeness (QED) is 0.535. The first kappa shape index (κ1) is 11.7. The summed E-state index contributed by atoms with van der Waals surface area (Å²) in [5.41, 5.74) is 12.9. The zero-order valence-corrected chi connectivity index (χ0v) is 9.11. The molecule has 0 spiro atoms. The van der Waals surface area contributed by atoms with Crippen LogP contribution in [0.1, 0.15) is 11.7 Å². The Bertz CT molecular complexity index is 532. The Morgan fingerprint density at radius 2 is 1.88 bits per heavy atom. The van der Waals surface area contributed by atoms with Crippen LogP contribution >= 0.6 is 0 Å². The maximum absolute atomic E-state index is 9.99. The number of aliphatic hydroxyl groups excluding tert-OH is 2. The Morgan fingerprint density at radius 1 is 1.18 bits per heavy atom. The van der Waals surface area contributed by atoms with E-state index in [4.69, 9.17) is 11.5 Å². The molecule has 1 aromatic carbocycles. The molecule has 2 atom stereocenters. The number of benzene rings is 1. The van der Waals surface area contributed by atoms with Crippen LogP contribution in [0.15, 0.2) is 24.5 Å². The van der Waals surface area contributed by atoms with Gasteiger partial charge in [0, 0.05) is 30.2 Å². The van der Waals surface area contributed by atoms with E-state index in [-0.39, 0.29) is 6.54 Å². The fourth-order valence-corrected chi connectivity index (χ4v) is 1.71. The Morgan fingerprint density at radius 3 is 2.59 bits per heavy atom. The van der Waals surface area contributed by atoms with Crippen LogP contribution in [0.25, 0.3) is 11.0 Å². The van der Waals surface area contributed by atoms with Crippen LogP contribution in [0.3, 0.4) is 0 Å². The SMILES string of the molecule is NCC(O)C(O)c1c(N)ccc2nccnc12. The van der Waals surface area contributed by atoms with Gasteiger partial charge in [-0.15, -0.1) is 0 Å². The normalized spacial score (nSPS) is 14.8. The predicted molar refractivity (Wildman–Crippen MR) is 64.0 cm³/mol. The van der Waals surface area contributed by atoms with Gasteiger partial charge in [0.25, 0.3) is 0 Å². The number of hydrogen-bond donors (Lipinski definition) is 4. The first-order valence-electron chi connectivity index (χ1n) is 5.20. The highest BCUT2D eigenvalue weighted by molar-refractivity contribution is 5.83. The molecule has 2 unspecified atom stereocenters. The molecule has 17 heavy (non-hydrogen) atoms. The molecule has 90 valence electrons. The van der Waals surface area contributed by atoms with E-state index in [0.717, 1.165) is 0 Å². The van der Waals surface area contributed by atoms with E-state index in [2.05, 4.69) is 9.97 Å². The van der Waals surface area contributed by atoms with Crippen LogP contribution in [-0.4, -0.2) is 32.8 Å². The van der Waals surface area contributed by atoms with Crippen molar-refractivity contribution in [2.45, 2.75) is 12.2 Å². The van der Waals surface area contributed by atoms with Gasteiger partial charge in [-0.2, -0.15) is 0 Å². The van der Waals surface area contributed by atoms with Crippen LogP contribution < -0.4 is 11.5 Å².